The van der Waals surface area contributed by atoms with Crippen LogP contribution < -0.4 is 10.6 Å². The number of rotatable bonds is 2. The average Bonchev–Trinajstić information content (AvgIpc) is 2.97. The number of imidazole rings is 1. The molecule has 2 aliphatic heterocycles. The van der Waals surface area contributed by atoms with E-state index < -0.39 is 0 Å². The Morgan fingerprint density at radius 1 is 1.59 bits per heavy atom. The number of H-pyrrole nitrogens is 1. The fourth-order valence-electron chi connectivity index (χ4n) is 2.30. The third kappa shape index (κ3) is 2.32. The van der Waals surface area contributed by atoms with Crippen molar-refractivity contribution >= 4 is 17.7 Å². The van der Waals surface area contributed by atoms with Gasteiger partial charge in [0.1, 0.15) is 0 Å². The first kappa shape index (κ1) is 11.1. The van der Waals surface area contributed by atoms with E-state index in [-0.39, 0.29) is 11.9 Å². The highest BCUT2D eigenvalue weighted by atomic mass is 32.2. The van der Waals surface area contributed by atoms with Gasteiger partial charge >= 0.3 is 0 Å². The standard InChI is InChI=1S/C11H16N4OS/c16-11(15-7-1-2-17-5-7)9-3-8-10(4-12-9)14-6-13-8/h6-7,9,12H,1-5H2,(H,13,14)(H,15,16). The van der Waals surface area contributed by atoms with Crippen molar-refractivity contribution < 1.29 is 4.79 Å². The molecule has 2 unspecified atom stereocenters. The number of thioether (sulfide) groups is 1. The number of carbonyl (C=O) groups is 1. The summed E-state index contributed by atoms with van der Waals surface area (Å²) >= 11 is 1.91. The Kier molecular flexibility index (Phi) is 3.07. The summed E-state index contributed by atoms with van der Waals surface area (Å²) in [4.78, 5) is 19.4. The van der Waals surface area contributed by atoms with Crippen molar-refractivity contribution in [3.8, 4) is 0 Å². The largest absolute Gasteiger partial charge is 0.351 e. The van der Waals surface area contributed by atoms with Gasteiger partial charge in [0.15, 0.2) is 0 Å². The summed E-state index contributed by atoms with van der Waals surface area (Å²) in [5.74, 6) is 2.32. The van der Waals surface area contributed by atoms with E-state index in [4.69, 9.17) is 0 Å². The first-order chi connectivity index (χ1) is 8.33. The zero-order valence-electron chi connectivity index (χ0n) is 9.53. The molecule has 5 nitrogen and oxygen atoms in total. The molecule has 0 aliphatic carbocycles. The molecule has 0 aromatic carbocycles. The zero-order valence-corrected chi connectivity index (χ0v) is 10.3. The predicted octanol–water partition coefficient (Wildman–Crippen LogP) is 0.0457. The van der Waals surface area contributed by atoms with Crippen LogP contribution in [-0.2, 0) is 17.8 Å². The number of aromatic amines is 1. The lowest BCUT2D eigenvalue weighted by Crippen LogP contribution is -2.50. The minimum Gasteiger partial charge on any atom is -0.351 e. The number of carbonyl (C=O) groups excluding carboxylic acids is 1. The summed E-state index contributed by atoms with van der Waals surface area (Å²) in [6.45, 7) is 0.701. The summed E-state index contributed by atoms with van der Waals surface area (Å²) in [6, 6.07) is 0.228. The Labute approximate surface area is 104 Å². The van der Waals surface area contributed by atoms with Crippen LogP contribution in [0.5, 0.6) is 0 Å². The van der Waals surface area contributed by atoms with E-state index in [0.717, 1.165) is 29.3 Å². The highest BCUT2D eigenvalue weighted by molar-refractivity contribution is 7.99. The zero-order chi connectivity index (χ0) is 11.7. The van der Waals surface area contributed by atoms with Gasteiger partial charge in [0.25, 0.3) is 0 Å². The van der Waals surface area contributed by atoms with Gasteiger partial charge in [-0.3, -0.25) is 10.1 Å². The summed E-state index contributed by atoms with van der Waals surface area (Å²) in [7, 11) is 0. The van der Waals surface area contributed by atoms with Gasteiger partial charge < -0.3 is 10.3 Å². The Bertz CT molecular complexity index is 413. The summed E-state index contributed by atoms with van der Waals surface area (Å²) < 4.78 is 0. The number of nitrogens with zero attached hydrogens (tertiary/aromatic N) is 1. The predicted molar refractivity (Wildman–Crippen MR) is 66.8 cm³/mol. The molecule has 92 valence electrons. The van der Waals surface area contributed by atoms with E-state index in [2.05, 4.69) is 20.6 Å². The molecule has 0 bridgehead atoms. The summed E-state index contributed by atoms with van der Waals surface area (Å²) in [5.41, 5.74) is 2.12. The summed E-state index contributed by atoms with van der Waals surface area (Å²) in [6.07, 6.45) is 3.47. The number of amides is 1. The molecule has 17 heavy (non-hydrogen) atoms. The molecule has 1 saturated heterocycles. The normalized spacial score (nSPS) is 27.8. The van der Waals surface area contributed by atoms with E-state index in [1.165, 1.54) is 0 Å². The second kappa shape index (κ2) is 4.70. The lowest BCUT2D eigenvalue weighted by molar-refractivity contribution is -0.123. The molecule has 2 aliphatic rings. The van der Waals surface area contributed by atoms with E-state index in [9.17, 15) is 4.79 Å². The fourth-order valence-corrected chi connectivity index (χ4v) is 3.46. The Balaban J connectivity index is 1.60. The molecule has 1 fully saturated rings. The molecular formula is C11H16N4OS. The molecule has 3 rings (SSSR count). The monoisotopic (exact) mass is 252 g/mol. The SMILES string of the molecule is O=C(NC1CCSC1)C1Cc2nc[nH]c2CN1. The van der Waals surface area contributed by atoms with Crippen LogP contribution in [-0.4, -0.2) is 39.5 Å². The highest BCUT2D eigenvalue weighted by Gasteiger charge is 2.27. The first-order valence-electron chi connectivity index (χ1n) is 5.95. The maximum absolute atomic E-state index is 12.1. The molecule has 3 heterocycles. The second-order valence-electron chi connectivity index (χ2n) is 4.53. The molecule has 0 spiro atoms. The van der Waals surface area contributed by atoms with Crippen LogP contribution in [0.2, 0.25) is 0 Å². The third-order valence-corrected chi connectivity index (χ3v) is 4.49. The van der Waals surface area contributed by atoms with Gasteiger partial charge in [-0.25, -0.2) is 4.98 Å². The first-order valence-corrected chi connectivity index (χ1v) is 7.11. The van der Waals surface area contributed by atoms with E-state index in [0.29, 0.717) is 19.0 Å². The average molecular weight is 252 g/mol. The van der Waals surface area contributed by atoms with Gasteiger partial charge in [-0.05, 0) is 12.2 Å². The van der Waals surface area contributed by atoms with Gasteiger partial charge in [0.05, 0.1) is 23.8 Å². The van der Waals surface area contributed by atoms with Crippen LogP contribution in [0.4, 0.5) is 0 Å². The van der Waals surface area contributed by atoms with Crippen molar-refractivity contribution in [2.75, 3.05) is 11.5 Å². The molecule has 1 aromatic heterocycles. The van der Waals surface area contributed by atoms with Crippen LogP contribution in [0, 0.1) is 0 Å². The number of aromatic nitrogens is 2. The van der Waals surface area contributed by atoms with Crippen LogP contribution >= 0.6 is 11.8 Å². The third-order valence-electron chi connectivity index (χ3n) is 3.32. The number of fused-ring (bicyclic) bond motifs is 1. The lowest BCUT2D eigenvalue weighted by atomic mass is 10.0. The maximum atomic E-state index is 12.1. The van der Waals surface area contributed by atoms with Gasteiger partial charge in [0, 0.05) is 24.8 Å². The Hall–Kier alpha value is -1.01. The number of nitrogens with one attached hydrogen (secondary N) is 3. The number of hydrogen-bond donors (Lipinski definition) is 3. The van der Waals surface area contributed by atoms with Gasteiger partial charge in [-0.2, -0.15) is 11.8 Å². The van der Waals surface area contributed by atoms with E-state index >= 15 is 0 Å². The van der Waals surface area contributed by atoms with Crippen LogP contribution in [0.1, 0.15) is 17.8 Å². The molecule has 2 atom stereocenters. The van der Waals surface area contributed by atoms with Crippen molar-refractivity contribution in [3.63, 3.8) is 0 Å². The smallest absolute Gasteiger partial charge is 0.237 e. The minimum absolute atomic E-state index is 0.117. The molecular weight excluding hydrogens is 236 g/mol. The topological polar surface area (TPSA) is 69.8 Å². The molecule has 1 aromatic rings. The second-order valence-corrected chi connectivity index (χ2v) is 5.68. The fraction of sp³-hybridized carbons (Fsp3) is 0.636. The molecule has 0 saturated carbocycles. The van der Waals surface area contributed by atoms with Gasteiger partial charge in [-0.15, -0.1) is 0 Å². The van der Waals surface area contributed by atoms with Crippen molar-refractivity contribution in [1.29, 1.82) is 0 Å². The quantitative estimate of drug-likeness (QED) is 0.695. The Morgan fingerprint density at radius 2 is 2.53 bits per heavy atom. The van der Waals surface area contributed by atoms with Crippen molar-refractivity contribution in [1.82, 2.24) is 20.6 Å². The van der Waals surface area contributed by atoms with E-state index in [1.54, 1.807) is 6.33 Å². The van der Waals surface area contributed by atoms with E-state index in [1.807, 2.05) is 11.8 Å². The van der Waals surface area contributed by atoms with Crippen molar-refractivity contribution in [2.24, 2.45) is 0 Å². The van der Waals surface area contributed by atoms with Crippen molar-refractivity contribution in [3.05, 3.63) is 17.7 Å². The van der Waals surface area contributed by atoms with Crippen LogP contribution in [0.25, 0.3) is 0 Å². The molecule has 1 amide bonds. The molecule has 3 N–H and O–H groups in total. The molecule has 6 heteroatoms. The van der Waals surface area contributed by atoms with Gasteiger partial charge in [-0.1, -0.05) is 0 Å². The van der Waals surface area contributed by atoms with Crippen LogP contribution in [0.15, 0.2) is 6.33 Å². The Morgan fingerprint density at radius 3 is 3.35 bits per heavy atom. The maximum Gasteiger partial charge on any atom is 0.237 e. The highest BCUT2D eigenvalue weighted by Crippen LogP contribution is 2.18. The summed E-state index contributed by atoms with van der Waals surface area (Å²) in [5, 5.41) is 6.36. The number of hydrogen-bond acceptors (Lipinski definition) is 4. The van der Waals surface area contributed by atoms with Crippen molar-refractivity contribution in [2.45, 2.75) is 31.5 Å². The van der Waals surface area contributed by atoms with Gasteiger partial charge in [0.2, 0.25) is 5.91 Å². The lowest BCUT2D eigenvalue weighted by Gasteiger charge is -2.23. The van der Waals surface area contributed by atoms with Crippen LogP contribution in [0.3, 0.4) is 0 Å². The molecule has 0 radical (unpaired) electrons. The minimum atomic E-state index is -0.128.